The molecule has 0 bridgehead atoms. The Labute approximate surface area is 229 Å². The first-order valence-electron chi connectivity index (χ1n) is 13.5. The van der Waals surface area contributed by atoms with Crippen LogP contribution in [0.5, 0.6) is 0 Å². The quantitative estimate of drug-likeness (QED) is 0.218. The van der Waals surface area contributed by atoms with Gasteiger partial charge in [-0.05, 0) is 16.7 Å². The predicted molar refractivity (Wildman–Crippen MR) is 155 cm³/mol. The van der Waals surface area contributed by atoms with Gasteiger partial charge >= 0.3 is 0 Å². The number of hydrogen-bond acceptors (Lipinski definition) is 4. The smallest absolute Gasteiger partial charge is 0.146 e. The van der Waals surface area contributed by atoms with Gasteiger partial charge in [-0.15, -0.1) is 5.54 Å². The van der Waals surface area contributed by atoms with Crippen LogP contribution in [-0.2, 0) is 38.8 Å². The van der Waals surface area contributed by atoms with Crippen LogP contribution in [0.15, 0.2) is 91.0 Å². The fourth-order valence-corrected chi connectivity index (χ4v) is 5.07. The van der Waals surface area contributed by atoms with E-state index in [0.717, 1.165) is 16.7 Å². The van der Waals surface area contributed by atoms with Gasteiger partial charge in [0.05, 0.1) is 38.6 Å². The second-order valence-corrected chi connectivity index (χ2v) is 15.7. The molecule has 0 radical (unpaired) electrons. The van der Waals surface area contributed by atoms with Crippen molar-refractivity contribution in [2.24, 2.45) is 5.92 Å². The third-order valence-electron chi connectivity index (χ3n) is 6.60. The second-order valence-electron chi connectivity index (χ2n) is 11.0. The summed E-state index contributed by atoms with van der Waals surface area (Å²) in [7, 11) is -1.63. The van der Waals surface area contributed by atoms with Gasteiger partial charge in [0.1, 0.15) is 20.3 Å². The summed E-state index contributed by atoms with van der Waals surface area (Å²) in [6.07, 6.45) is -1.06. The number of hydrogen-bond donors (Lipinski definition) is 0. The van der Waals surface area contributed by atoms with E-state index in [1.54, 1.807) is 0 Å². The summed E-state index contributed by atoms with van der Waals surface area (Å²) >= 11 is 0. The van der Waals surface area contributed by atoms with Crippen molar-refractivity contribution in [1.82, 2.24) is 0 Å². The van der Waals surface area contributed by atoms with Crippen LogP contribution in [0.3, 0.4) is 0 Å². The zero-order valence-electron chi connectivity index (χ0n) is 23.0. The number of benzene rings is 3. The lowest BCUT2D eigenvalue weighted by Crippen LogP contribution is -2.56. The lowest BCUT2D eigenvalue weighted by Gasteiger charge is -2.44. The van der Waals surface area contributed by atoms with E-state index >= 15 is 0 Å². The van der Waals surface area contributed by atoms with Gasteiger partial charge in [-0.2, -0.15) is 0 Å². The van der Waals surface area contributed by atoms with E-state index in [0.29, 0.717) is 26.4 Å². The molecule has 0 amide bonds. The first-order chi connectivity index (χ1) is 18.4. The first-order valence-corrected chi connectivity index (χ1v) is 17.0. The van der Waals surface area contributed by atoms with E-state index in [1.807, 2.05) is 54.6 Å². The molecule has 5 atom stereocenters. The maximum Gasteiger partial charge on any atom is 0.146 e. The maximum atomic E-state index is 6.63. The monoisotopic (exact) mass is 528 g/mol. The predicted octanol–water partition coefficient (Wildman–Crippen LogP) is 6.66. The molecule has 4 rings (SSSR count). The molecule has 4 nitrogen and oxygen atoms in total. The van der Waals surface area contributed by atoms with Crippen LogP contribution in [-0.4, -0.2) is 39.1 Å². The molecule has 3 aromatic carbocycles. The van der Waals surface area contributed by atoms with Gasteiger partial charge in [0.15, 0.2) is 0 Å². The topological polar surface area (TPSA) is 36.9 Å². The van der Waals surface area contributed by atoms with Gasteiger partial charge in [-0.1, -0.05) is 123 Å². The summed E-state index contributed by atoms with van der Waals surface area (Å²) in [5.41, 5.74) is 6.92. The van der Waals surface area contributed by atoms with Crippen LogP contribution < -0.4 is 0 Å². The van der Waals surface area contributed by atoms with Crippen LogP contribution >= 0.6 is 0 Å². The standard InChI is InChI=1S/C33H40O4Si/c1-26-31(25-34-22-27-14-8-5-9-15-27)37-30(20-21-38(2,3)4)33(36-24-29-18-12-7-13-19-29)32(26)35-23-28-16-10-6-11-17-28/h5-19,26,30-33H,22-25H2,1-4H3/t26-,30-,31-,32+,33+/m1/s1. The molecule has 0 N–H and O–H groups in total. The molecule has 0 aliphatic carbocycles. The Balaban J connectivity index is 1.55. The molecule has 0 spiro atoms. The van der Waals surface area contributed by atoms with E-state index in [-0.39, 0.29) is 24.2 Å². The highest BCUT2D eigenvalue weighted by molar-refractivity contribution is 6.83. The average Bonchev–Trinajstić information content (AvgIpc) is 2.93. The Morgan fingerprint density at radius 2 is 1.16 bits per heavy atom. The van der Waals surface area contributed by atoms with Gasteiger partial charge in [-0.3, -0.25) is 0 Å². The van der Waals surface area contributed by atoms with Crippen LogP contribution in [0.4, 0.5) is 0 Å². The van der Waals surface area contributed by atoms with Crippen LogP contribution in [0.1, 0.15) is 23.6 Å². The molecule has 5 heteroatoms. The Hall–Kier alpha value is -2.72. The molecule has 1 fully saturated rings. The minimum atomic E-state index is -1.63. The van der Waals surface area contributed by atoms with Crippen molar-refractivity contribution in [3.05, 3.63) is 108 Å². The summed E-state index contributed by atoms with van der Waals surface area (Å²) in [5.74, 6) is 3.52. The molecular formula is C33H40O4Si. The summed E-state index contributed by atoms with van der Waals surface area (Å²) in [5, 5.41) is 0. The van der Waals surface area contributed by atoms with Crippen molar-refractivity contribution in [2.45, 2.75) is 70.8 Å². The largest absolute Gasteiger partial charge is 0.374 e. The molecule has 3 aromatic rings. The van der Waals surface area contributed by atoms with E-state index in [9.17, 15) is 0 Å². The molecule has 0 saturated carbocycles. The van der Waals surface area contributed by atoms with E-state index in [1.165, 1.54) is 0 Å². The summed E-state index contributed by atoms with van der Waals surface area (Å²) in [6, 6.07) is 30.8. The Morgan fingerprint density at radius 3 is 1.66 bits per heavy atom. The lowest BCUT2D eigenvalue weighted by atomic mass is 9.88. The fourth-order valence-electron chi connectivity index (χ4n) is 4.50. The van der Waals surface area contributed by atoms with Crippen molar-refractivity contribution >= 4 is 8.07 Å². The average molecular weight is 529 g/mol. The highest BCUT2D eigenvalue weighted by atomic mass is 28.3. The first kappa shape index (κ1) is 28.3. The highest BCUT2D eigenvalue weighted by Gasteiger charge is 2.45. The van der Waals surface area contributed by atoms with Crippen LogP contribution in [0.25, 0.3) is 0 Å². The summed E-state index contributed by atoms with van der Waals surface area (Å²) in [4.78, 5) is 0. The number of rotatable bonds is 10. The van der Waals surface area contributed by atoms with Gasteiger partial charge in [0, 0.05) is 5.92 Å². The Morgan fingerprint density at radius 1 is 0.684 bits per heavy atom. The van der Waals surface area contributed by atoms with Crippen molar-refractivity contribution in [1.29, 1.82) is 0 Å². The fraction of sp³-hybridized carbons (Fsp3) is 0.394. The summed E-state index contributed by atoms with van der Waals surface area (Å²) < 4.78 is 26.0. The van der Waals surface area contributed by atoms with Gasteiger partial charge in [0.25, 0.3) is 0 Å². The van der Waals surface area contributed by atoms with Crippen molar-refractivity contribution < 1.29 is 18.9 Å². The second kappa shape index (κ2) is 13.9. The SMILES string of the molecule is C[C@H]1[C@H](OCc2ccccc2)[C@@H](OCc2ccccc2)[C@@H](C#C[Si](C)(C)C)O[C@@H]1COCc1ccccc1. The van der Waals surface area contributed by atoms with Crippen molar-refractivity contribution in [2.75, 3.05) is 6.61 Å². The molecule has 1 saturated heterocycles. The molecule has 0 aromatic heterocycles. The Kier molecular flexibility index (Phi) is 10.3. The molecule has 200 valence electrons. The zero-order valence-corrected chi connectivity index (χ0v) is 24.0. The van der Waals surface area contributed by atoms with Crippen LogP contribution in [0.2, 0.25) is 19.6 Å². The molecular weight excluding hydrogens is 488 g/mol. The zero-order chi connectivity index (χ0) is 26.8. The molecule has 1 aliphatic heterocycles. The third kappa shape index (κ3) is 8.66. The van der Waals surface area contributed by atoms with Gasteiger partial charge in [0.2, 0.25) is 0 Å². The number of ether oxygens (including phenoxy) is 4. The molecule has 0 unspecified atom stereocenters. The van der Waals surface area contributed by atoms with Crippen LogP contribution in [0, 0.1) is 17.4 Å². The van der Waals surface area contributed by atoms with Crippen molar-refractivity contribution in [3.63, 3.8) is 0 Å². The molecule has 1 heterocycles. The van der Waals surface area contributed by atoms with Gasteiger partial charge in [-0.25, -0.2) is 0 Å². The van der Waals surface area contributed by atoms with Crippen molar-refractivity contribution in [3.8, 4) is 11.5 Å². The molecule has 1 aliphatic rings. The third-order valence-corrected chi connectivity index (χ3v) is 7.50. The normalized spacial score (nSPS) is 23.4. The van der Waals surface area contributed by atoms with E-state index in [4.69, 9.17) is 18.9 Å². The minimum Gasteiger partial charge on any atom is -0.374 e. The Bertz CT molecular complexity index is 1150. The lowest BCUT2D eigenvalue weighted by molar-refractivity contribution is -0.226. The highest BCUT2D eigenvalue weighted by Crippen LogP contribution is 2.32. The van der Waals surface area contributed by atoms with Gasteiger partial charge < -0.3 is 18.9 Å². The molecule has 38 heavy (non-hydrogen) atoms. The van der Waals surface area contributed by atoms with E-state index < -0.39 is 14.2 Å². The van der Waals surface area contributed by atoms with E-state index in [2.05, 4.69) is 74.4 Å². The maximum absolute atomic E-state index is 6.63. The summed E-state index contributed by atoms with van der Waals surface area (Å²) in [6.45, 7) is 10.9. The minimum absolute atomic E-state index is 0.0557.